The lowest BCUT2D eigenvalue weighted by Crippen LogP contribution is -2.45. The molecule has 0 aliphatic rings. The van der Waals surface area contributed by atoms with Crippen molar-refractivity contribution in [3.63, 3.8) is 0 Å². The summed E-state index contributed by atoms with van der Waals surface area (Å²) in [6.07, 6.45) is 42.3. The third-order valence-electron chi connectivity index (χ3n) is 9.91. The third kappa shape index (κ3) is 39.0. The highest BCUT2D eigenvalue weighted by atomic mass is 31.2. The summed E-state index contributed by atoms with van der Waals surface area (Å²) < 4.78 is 23.1. The summed E-state index contributed by atoms with van der Waals surface area (Å²) in [5.41, 5.74) is 0. The third-order valence-corrected chi connectivity index (χ3v) is 10.9. The van der Waals surface area contributed by atoms with Gasteiger partial charge in [-0.3, -0.25) is 9.36 Å². The Morgan fingerprint density at radius 2 is 1.04 bits per heavy atom. The number of carbonyl (C=O) groups is 1. The van der Waals surface area contributed by atoms with Gasteiger partial charge in [-0.1, -0.05) is 173 Å². The molecule has 0 aromatic rings. The van der Waals surface area contributed by atoms with Crippen LogP contribution in [-0.2, 0) is 18.4 Å². The summed E-state index contributed by atoms with van der Waals surface area (Å²) >= 11 is 0. The van der Waals surface area contributed by atoms with Crippen LogP contribution >= 0.6 is 7.82 Å². The van der Waals surface area contributed by atoms with Gasteiger partial charge in [0, 0.05) is 6.42 Å². The second-order valence-corrected chi connectivity index (χ2v) is 17.8. The van der Waals surface area contributed by atoms with Gasteiger partial charge >= 0.3 is 0 Å². The Balaban J connectivity index is 4.28. The van der Waals surface area contributed by atoms with Gasteiger partial charge < -0.3 is 28.8 Å². The van der Waals surface area contributed by atoms with Crippen LogP contribution in [-0.4, -0.2) is 68.5 Å². The van der Waals surface area contributed by atoms with Gasteiger partial charge in [-0.15, -0.1) is 0 Å². The Bertz CT molecular complexity index is 922. The first-order valence-electron chi connectivity index (χ1n) is 22.2. The van der Waals surface area contributed by atoms with Crippen molar-refractivity contribution in [2.75, 3.05) is 40.9 Å². The van der Waals surface area contributed by atoms with E-state index in [1.165, 1.54) is 141 Å². The van der Waals surface area contributed by atoms with Gasteiger partial charge in [-0.2, -0.15) is 0 Å². The number of aliphatic hydroxyl groups excluding tert-OH is 1. The van der Waals surface area contributed by atoms with Crippen LogP contribution in [0.25, 0.3) is 0 Å². The fraction of sp³-hybridized carbons (Fsp3) is 0.886. The smallest absolute Gasteiger partial charge is 0.268 e. The quantitative estimate of drug-likeness (QED) is 0.0278. The predicted molar refractivity (Wildman–Crippen MR) is 224 cm³/mol. The van der Waals surface area contributed by atoms with Crippen molar-refractivity contribution in [2.24, 2.45) is 0 Å². The van der Waals surface area contributed by atoms with Gasteiger partial charge in [0.1, 0.15) is 13.2 Å². The van der Waals surface area contributed by atoms with E-state index in [1.807, 2.05) is 27.2 Å². The molecule has 3 unspecified atom stereocenters. The van der Waals surface area contributed by atoms with Crippen molar-refractivity contribution in [3.05, 3.63) is 24.3 Å². The van der Waals surface area contributed by atoms with Gasteiger partial charge in [0.25, 0.3) is 7.82 Å². The Labute approximate surface area is 328 Å². The fourth-order valence-electron chi connectivity index (χ4n) is 6.32. The Morgan fingerprint density at radius 1 is 0.642 bits per heavy atom. The maximum Gasteiger partial charge on any atom is 0.268 e. The van der Waals surface area contributed by atoms with E-state index in [1.54, 1.807) is 6.08 Å². The molecule has 0 aliphatic carbocycles. The van der Waals surface area contributed by atoms with E-state index in [0.29, 0.717) is 17.4 Å². The summed E-state index contributed by atoms with van der Waals surface area (Å²) in [7, 11) is 1.26. The molecule has 0 radical (unpaired) electrons. The number of hydrogen-bond acceptors (Lipinski definition) is 6. The predicted octanol–water partition coefficient (Wildman–Crippen LogP) is 11.5. The number of amides is 1. The molecule has 1 amide bonds. The molecule has 0 bridgehead atoms. The van der Waals surface area contributed by atoms with Gasteiger partial charge in [-0.25, -0.2) is 0 Å². The largest absolute Gasteiger partial charge is 0.756 e. The molecule has 3 atom stereocenters. The van der Waals surface area contributed by atoms with Crippen LogP contribution in [0.2, 0.25) is 0 Å². The molecule has 2 N–H and O–H groups in total. The molecule has 0 rings (SSSR count). The molecular weight excluding hydrogens is 683 g/mol. The van der Waals surface area contributed by atoms with E-state index < -0.39 is 20.0 Å². The van der Waals surface area contributed by atoms with Gasteiger partial charge in [-0.05, 0) is 44.9 Å². The number of quaternary nitrogens is 1. The maximum absolute atomic E-state index is 12.8. The van der Waals surface area contributed by atoms with Crippen molar-refractivity contribution in [3.8, 4) is 0 Å². The standard InChI is InChI=1S/C44H87N2O6P/c1-6-8-10-12-14-16-18-19-20-21-22-23-24-25-26-27-28-30-32-34-36-38-44(48)45-42(41-52-53(49,50)51-40-39-46(3,4)5)43(47)37-35-33-31-29-17-15-13-11-9-7-2/h21-22,35,37,42-43,47H,6-20,23-34,36,38-41H2,1-5H3,(H-,45,48,49,50)/b22-21-,37-35+. The molecule has 9 heteroatoms. The number of likely N-dealkylation sites (N-methyl/N-ethyl adjacent to an activating group) is 1. The highest BCUT2D eigenvalue weighted by Crippen LogP contribution is 2.38. The SMILES string of the molecule is CCCCCCCCCC/C=C\CCCCCCCCCCCC(=O)NC(COP(=O)([O-])OCC[N+](C)(C)C)C(O)/C=C/CCCCCCCCCC. The molecule has 314 valence electrons. The summed E-state index contributed by atoms with van der Waals surface area (Å²) in [6, 6.07) is -0.882. The highest BCUT2D eigenvalue weighted by molar-refractivity contribution is 7.45. The number of nitrogens with one attached hydrogen (secondary N) is 1. The topological polar surface area (TPSA) is 108 Å². The molecule has 0 spiro atoms. The Hall–Kier alpha value is -1.02. The minimum atomic E-state index is -4.58. The molecule has 0 aromatic carbocycles. The first-order valence-corrected chi connectivity index (χ1v) is 23.7. The van der Waals surface area contributed by atoms with Crippen LogP contribution in [0, 0.1) is 0 Å². The van der Waals surface area contributed by atoms with Crippen molar-refractivity contribution in [2.45, 2.75) is 212 Å². The van der Waals surface area contributed by atoms with Crippen molar-refractivity contribution < 1.29 is 32.9 Å². The zero-order chi connectivity index (χ0) is 39.3. The Morgan fingerprint density at radius 3 is 1.47 bits per heavy atom. The number of nitrogens with zero attached hydrogens (tertiary/aromatic N) is 1. The molecule has 0 heterocycles. The van der Waals surface area contributed by atoms with Gasteiger partial charge in [0.2, 0.25) is 5.91 Å². The average Bonchev–Trinajstić information content (AvgIpc) is 3.10. The maximum atomic E-state index is 12.8. The summed E-state index contributed by atoms with van der Waals surface area (Å²) in [4.78, 5) is 25.2. The van der Waals surface area contributed by atoms with Crippen molar-refractivity contribution in [1.82, 2.24) is 5.32 Å². The number of unbranched alkanes of at least 4 members (excludes halogenated alkanes) is 25. The zero-order valence-electron chi connectivity index (χ0n) is 35.5. The molecule has 53 heavy (non-hydrogen) atoms. The van der Waals surface area contributed by atoms with Crippen molar-refractivity contribution in [1.29, 1.82) is 0 Å². The van der Waals surface area contributed by atoms with Crippen molar-refractivity contribution >= 4 is 13.7 Å². The molecule has 0 fully saturated rings. The first kappa shape index (κ1) is 52.0. The molecule has 0 aliphatic heterocycles. The molecular formula is C44H87N2O6P. The lowest BCUT2D eigenvalue weighted by atomic mass is 10.0. The minimum absolute atomic E-state index is 0.000559. The summed E-state index contributed by atoms with van der Waals surface area (Å²) in [5.74, 6) is -0.201. The van der Waals surface area contributed by atoms with Crippen LogP contribution in [0.4, 0.5) is 0 Å². The Kier molecular flexibility index (Phi) is 35.9. The number of phosphoric ester groups is 1. The number of rotatable bonds is 40. The van der Waals surface area contributed by atoms with E-state index in [4.69, 9.17) is 9.05 Å². The lowest BCUT2D eigenvalue weighted by molar-refractivity contribution is -0.870. The minimum Gasteiger partial charge on any atom is -0.756 e. The average molecular weight is 771 g/mol. The number of allylic oxidation sites excluding steroid dienone is 3. The van der Waals surface area contributed by atoms with Gasteiger partial charge in [0.05, 0.1) is 39.9 Å². The normalized spacial score (nSPS) is 14.6. The second-order valence-electron chi connectivity index (χ2n) is 16.4. The van der Waals surface area contributed by atoms with E-state index >= 15 is 0 Å². The van der Waals surface area contributed by atoms with E-state index in [0.717, 1.165) is 38.5 Å². The number of carbonyl (C=O) groups excluding carboxylic acids is 1. The molecule has 0 saturated heterocycles. The van der Waals surface area contributed by atoms with Crippen LogP contribution in [0.5, 0.6) is 0 Å². The van der Waals surface area contributed by atoms with E-state index in [9.17, 15) is 19.4 Å². The van der Waals surface area contributed by atoms with Crippen LogP contribution in [0.1, 0.15) is 200 Å². The van der Waals surface area contributed by atoms with E-state index in [-0.39, 0.29) is 19.1 Å². The number of phosphoric acid groups is 1. The van der Waals surface area contributed by atoms with E-state index in [2.05, 4.69) is 31.3 Å². The van der Waals surface area contributed by atoms with Crippen LogP contribution in [0.3, 0.4) is 0 Å². The zero-order valence-corrected chi connectivity index (χ0v) is 36.4. The van der Waals surface area contributed by atoms with Crippen LogP contribution < -0.4 is 10.2 Å². The van der Waals surface area contributed by atoms with Gasteiger partial charge in [0.15, 0.2) is 0 Å². The molecule has 0 aromatic heterocycles. The molecule has 0 saturated carbocycles. The number of aliphatic hydroxyl groups is 1. The second kappa shape index (κ2) is 36.6. The number of hydrogen-bond donors (Lipinski definition) is 2. The molecule has 8 nitrogen and oxygen atoms in total. The monoisotopic (exact) mass is 771 g/mol. The lowest BCUT2D eigenvalue weighted by Gasteiger charge is -2.29. The first-order chi connectivity index (χ1) is 25.5. The summed E-state index contributed by atoms with van der Waals surface area (Å²) in [5, 5.41) is 13.7. The fourth-order valence-corrected chi connectivity index (χ4v) is 7.05. The highest BCUT2D eigenvalue weighted by Gasteiger charge is 2.23. The van der Waals surface area contributed by atoms with Crippen LogP contribution in [0.15, 0.2) is 24.3 Å². The summed E-state index contributed by atoms with van der Waals surface area (Å²) in [6.45, 7) is 4.62.